The van der Waals surface area contributed by atoms with Crippen LogP contribution in [-0.2, 0) is 4.74 Å². The number of methoxy groups -OCH3 is 1. The molecular formula is C9H13NO2. The Kier molecular flexibility index (Phi) is 3.19. The third-order valence-corrected chi connectivity index (χ3v) is 1.75. The van der Waals surface area contributed by atoms with E-state index in [-0.39, 0.29) is 0 Å². The lowest BCUT2D eigenvalue weighted by atomic mass is 10.1. The molecule has 1 aliphatic rings. The van der Waals surface area contributed by atoms with Crippen LogP contribution in [0, 0.1) is 0 Å². The first-order chi connectivity index (χ1) is 5.79. The molecule has 0 bridgehead atoms. The Morgan fingerprint density at radius 1 is 1.83 bits per heavy atom. The van der Waals surface area contributed by atoms with Crippen LogP contribution in [0.3, 0.4) is 0 Å². The summed E-state index contributed by atoms with van der Waals surface area (Å²) in [7, 11) is 1.45. The molecule has 0 spiro atoms. The topological polar surface area (TPSA) is 41.8 Å². The summed E-state index contributed by atoms with van der Waals surface area (Å²) < 4.78 is 4.76. The van der Waals surface area contributed by atoms with Gasteiger partial charge in [0.05, 0.1) is 5.71 Å². The third-order valence-electron chi connectivity index (χ3n) is 1.75. The number of hydrogen-bond acceptors (Lipinski definition) is 3. The van der Waals surface area contributed by atoms with Gasteiger partial charge in [0.1, 0.15) is 0 Å². The van der Waals surface area contributed by atoms with E-state index in [1.807, 2.05) is 6.08 Å². The molecule has 1 rings (SSSR count). The fraction of sp³-hybridized carbons (Fsp3) is 0.444. The summed E-state index contributed by atoms with van der Waals surface area (Å²) >= 11 is 0. The van der Waals surface area contributed by atoms with Crippen molar-refractivity contribution in [2.45, 2.75) is 12.7 Å². The van der Waals surface area contributed by atoms with Crippen molar-refractivity contribution in [2.24, 2.45) is 4.99 Å². The van der Waals surface area contributed by atoms with Gasteiger partial charge >= 0.3 is 0 Å². The van der Waals surface area contributed by atoms with Gasteiger partial charge in [-0.15, -0.1) is 0 Å². The first kappa shape index (κ1) is 9.16. The maximum Gasteiger partial charge on any atom is 0.198 e. The Labute approximate surface area is 72.1 Å². The van der Waals surface area contributed by atoms with E-state index in [2.05, 4.69) is 11.6 Å². The van der Waals surface area contributed by atoms with E-state index < -0.39 is 6.29 Å². The summed E-state index contributed by atoms with van der Waals surface area (Å²) in [5, 5.41) is 9.34. The van der Waals surface area contributed by atoms with Gasteiger partial charge in [0, 0.05) is 13.7 Å². The van der Waals surface area contributed by atoms with Gasteiger partial charge in [-0.1, -0.05) is 18.7 Å². The van der Waals surface area contributed by atoms with Crippen LogP contribution in [0.1, 0.15) is 6.42 Å². The second-order valence-corrected chi connectivity index (χ2v) is 2.51. The van der Waals surface area contributed by atoms with Gasteiger partial charge < -0.3 is 9.84 Å². The number of aliphatic imine (C=N–C) groups is 1. The van der Waals surface area contributed by atoms with E-state index in [4.69, 9.17) is 4.74 Å². The van der Waals surface area contributed by atoms with E-state index in [0.717, 1.165) is 12.0 Å². The fourth-order valence-corrected chi connectivity index (χ4v) is 1.12. The van der Waals surface area contributed by atoms with Crippen LogP contribution in [0.5, 0.6) is 0 Å². The zero-order chi connectivity index (χ0) is 8.97. The molecule has 0 aromatic rings. The van der Waals surface area contributed by atoms with Crippen LogP contribution >= 0.6 is 0 Å². The minimum Gasteiger partial charge on any atom is -0.363 e. The number of aliphatic hydroxyl groups excluding tert-OH is 1. The molecule has 1 unspecified atom stereocenters. The van der Waals surface area contributed by atoms with Crippen molar-refractivity contribution in [2.75, 3.05) is 13.7 Å². The molecule has 12 heavy (non-hydrogen) atoms. The largest absolute Gasteiger partial charge is 0.363 e. The molecule has 3 heteroatoms. The van der Waals surface area contributed by atoms with Crippen LogP contribution in [0.4, 0.5) is 0 Å². The lowest BCUT2D eigenvalue weighted by Crippen LogP contribution is -2.25. The van der Waals surface area contributed by atoms with Crippen molar-refractivity contribution in [1.82, 2.24) is 0 Å². The number of allylic oxidation sites excluding steroid dienone is 1. The predicted octanol–water partition coefficient (Wildman–Crippen LogP) is 0.908. The van der Waals surface area contributed by atoms with Gasteiger partial charge in [-0.25, -0.2) is 0 Å². The van der Waals surface area contributed by atoms with Gasteiger partial charge in [0.25, 0.3) is 0 Å². The van der Waals surface area contributed by atoms with Gasteiger partial charge in [-0.2, -0.15) is 0 Å². The molecule has 1 heterocycles. The van der Waals surface area contributed by atoms with Crippen molar-refractivity contribution in [3.63, 3.8) is 0 Å². The highest BCUT2D eigenvalue weighted by Crippen LogP contribution is 2.11. The molecule has 0 fully saturated rings. The van der Waals surface area contributed by atoms with Crippen LogP contribution in [0.25, 0.3) is 0 Å². The van der Waals surface area contributed by atoms with Crippen molar-refractivity contribution < 1.29 is 9.84 Å². The van der Waals surface area contributed by atoms with Crippen molar-refractivity contribution in [3.8, 4) is 0 Å². The maximum absolute atomic E-state index is 9.34. The number of nitrogens with zero attached hydrogens (tertiary/aromatic N) is 1. The molecule has 1 atom stereocenters. The van der Waals surface area contributed by atoms with Gasteiger partial charge in [0.15, 0.2) is 6.29 Å². The van der Waals surface area contributed by atoms with Crippen molar-refractivity contribution >= 4 is 5.71 Å². The molecule has 0 aliphatic carbocycles. The van der Waals surface area contributed by atoms with Crippen LogP contribution in [0.15, 0.2) is 29.3 Å². The van der Waals surface area contributed by atoms with E-state index in [1.54, 1.807) is 6.08 Å². The fourth-order valence-electron chi connectivity index (χ4n) is 1.12. The van der Waals surface area contributed by atoms with Crippen molar-refractivity contribution in [1.29, 1.82) is 0 Å². The molecule has 1 aliphatic heterocycles. The Balaban J connectivity index is 2.79. The maximum atomic E-state index is 9.34. The summed E-state index contributed by atoms with van der Waals surface area (Å²) in [6.07, 6.45) is 3.66. The molecule has 1 N–H and O–H groups in total. The first-order valence-electron chi connectivity index (χ1n) is 3.87. The van der Waals surface area contributed by atoms with Crippen molar-refractivity contribution in [3.05, 3.63) is 24.3 Å². The van der Waals surface area contributed by atoms with Gasteiger partial charge in [-0.05, 0) is 12.0 Å². The number of ether oxygens (including phenoxy) is 1. The lowest BCUT2D eigenvalue weighted by molar-refractivity contribution is -0.0197. The van der Waals surface area contributed by atoms with Crippen LogP contribution in [-0.4, -0.2) is 30.8 Å². The zero-order valence-corrected chi connectivity index (χ0v) is 7.16. The Bertz CT molecular complexity index is 231. The summed E-state index contributed by atoms with van der Waals surface area (Å²) in [5.74, 6) is 0. The molecule has 0 saturated heterocycles. The second-order valence-electron chi connectivity index (χ2n) is 2.51. The normalized spacial score (nSPS) is 19.5. The average molecular weight is 167 g/mol. The second kappa shape index (κ2) is 4.18. The predicted molar refractivity (Wildman–Crippen MR) is 48.2 cm³/mol. The Morgan fingerprint density at radius 3 is 3.17 bits per heavy atom. The summed E-state index contributed by atoms with van der Waals surface area (Å²) in [4.78, 5) is 4.15. The Hall–Kier alpha value is -0.930. The summed E-state index contributed by atoms with van der Waals surface area (Å²) in [5.41, 5.74) is 1.45. The molecule has 0 aromatic heterocycles. The first-order valence-corrected chi connectivity index (χ1v) is 3.87. The summed E-state index contributed by atoms with van der Waals surface area (Å²) in [6.45, 7) is 4.35. The molecule has 0 amide bonds. The quantitative estimate of drug-likeness (QED) is 0.635. The molecule has 0 radical (unpaired) electrons. The highest BCUT2D eigenvalue weighted by Gasteiger charge is 2.15. The van der Waals surface area contributed by atoms with E-state index in [1.165, 1.54) is 7.11 Å². The number of aliphatic hydroxyl groups is 1. The minimum atomic E-state index is -0.922. The standard InChI is InChI=1S/C9H13NO2/c1-3-7-5-4-6-10-8(7)9(11)12-2/h3,5,9,11H,1,4,6H2,2H3. The van der Waals surface area contributed by atoms with E-state index >= 15 is 0 Å². The highest BCUT2D eigenvalue weighted by molar-refractivity contribution is 6.05. The zero-order valence-electron chi connectivity index (χ0n) is 7.16. The number of dihydropyridines is 1. The van der Waals surface area contributed by atoms with E-state index in [0.29, 0.717) is 12.3 Å². The molecule has 66 valence electrons. The molecule has 0 saturated carbocycles. The monoisotopic (exact) mass is 167 g/mol. The highest BCUT2D eigenvalue weighted by atomic mass is 16.6. The number of hydrogen-bond donors (Lipinski definition) is 1. The van der Waals surface area contributed by atoms with E-state index in [9.17, 15) is 5.11 Å². The average Bonchev–Trinajstić information content (AvgIpc) is 2.16. The SMILES string of the molecule is C=CC1=CCCN=C1C(O)OC. The van der Waals surface area contributed by atoms with Gasteiger partial charge in [-0.3, -0.25) is 4.99 Å². The minimum absolute atomic E-state index is 0.582. The molecular weight excluding hydrogens is 154 g/mol. The number of rotatable bonds is 3. The summed E-state index contributed by atoms with van der Waals surface area (Å²) in [6, 6.07) is 0. The molecule has 0 aromatic carbocycles. The third kappa shape index (κ3) is 1.81. The Morgan fingerprint density at radius 2 is 2.58 bits per heavy atom. The van der Waals surface area contributed by atoms with Crippen LogP contribution < -0.4 is 0 Å². The lowest BCUT2D eigenvalue weighted by Gasteiger charge is -2.16. The molecule has 3 nitrogen and oxygen atoms in total. The van der Waals surface area contributed by atoms with Gasteiger partial charge in [0.2, 0.25) is 0 Å². The smallest absolute Gasteiger partial charge is 0.198 e. The van der Waals surface area contributed by atoms with Crippen LogP contribution in [0.2, 0.25) is 0 Å².